The van der Waals surface area contributed by atoms with Gasteiger partial charge in [0, 0.05) is 25.9 Å². The van der Waals surface area contributed by atoms with Gasteiger partial charge in [-0.15, -0.1) is 0 Å². The minimum Gasteiger partial charge on any atom is -0.480 e. The van der Waals surface area contributed by atoms with Gasteiger partial charge in [-0.1, -0.05) is 0 Å². The molecule has 2 N–H and O–H groups in total. The number of carboxylic acids is 1. The maximum absolute atomic E-state index is 10.7. The van der Waals surface area contributed by atoms with Crippen LogP contribution < -0.4 is 5.32 Å². The van der Waals surface area contributed by atoms with E-state index in [1.54, 1.807) is 0 Å². The molecular weight excluding hydrogens is 222 g/mol. The first-order chi connectivity index (χ1) is 8.24. The van der Waals surface area contributed by atoms with Gasteiger partial charge in [0.05, 0.1) is 6.61 Å². The van der Waals surface area contributed by atoms with E-state index in [2.05, 4.69) is 5.32 Å². The number of rotatable bonds is 9. The number of aliphatic carboxylic acids is 1. The molecule has 2 atom stereocenters. The zero-order valence-electron chi connectivity index (χ0n) is 10.5. The molecule has 17 heavy (non-hydrogen) atoms. The van der Waals surface area contributed by atoms with Crippen LogP contribution in [0.15, 0.2) is 0 Å². The molecule has 0 unspecified atom stereocenters. The van der Waals surface area contributed by atoms with Crippen molar-refractivity contribution >= 4 is 5.97 Å². The van der Waals surface area contributed by atoms with Gasteiger partial charge in [0.2, 0.25) is 0 Å². The average Bonchev–Trinajstić information content (AvgIpc) is 2.77. The average molecular weight is 245 g/mol. The van der Waals surface area contributed by atoms with E-state index >= 15 is 0 Å². The van der Waals surface area contributed by atoms with E-state index in [1.807, 2.05) is 6.92 Å². The Kier molecular flexibility index (Phi) is 7.16. The first kappa shape index (κ1) is 14.4. The van der Waals surface area contributed by atoms with Crippen molar-refractivity contribution in [1.82, 2.24) is 5.32 Å². The predicted octanol–water partition coefficient (Wildman–Crippen LogP) is 1.02. The van der Waals surface area contributed by atoms with Crippen molar-refractivity contribution in [2.75, 3.05) is 26.4 Å². The normalized spacial score (nSPS) is 24.1. The Morgan fingerprint density at radius 2 is 2.00 bits per heavy atom. The summed E-state index contributed by atoms with van der Waals surface area (Å²) < 4.78 is 10.7. The maximum Gasteiger partial charge on any atom is 0.320 e. The van der Waals surface area contributed by atoms with Crippen molar-refractivity contribution in [3.63, 3.8) is 0 Å². The first-order valence-corrected chi connectivity index (χ1v) is 6.38. The first-order valence-electron chi connectivity index (χ1n) is 6.38. The lowest BCUT2D eigenvalue weighted by Gasteiger charge is -2.12. The van der Waals surface area contributed by atoms with Gasteiger partial charge in [-0.05, 0) is 32.6 Å². The summed E-state index contributed by atoms with van der Waals surface area (Å²) in [5.74, 6) is -0.760. The van der Waals surface area contributed by atoms with Gasteiger partial charge in [0.25, 0.3) is 0 Å². The summed E-state index contributed by atoms with van der Waals surface area (Å²) in [5.41, 5.74) is 0. The van der Waals surface area contributed by atoms with E-state index in [9.17, 15) is 4.79 Å². The molecule has 1 aliphatic rings. The van der Waals surface area contributed by atoms with E-state index in [4.69, 9.17) is 14.6 Å². The van der Waals surface area contributed by atoms with Crippen LogP contribution in [-0.4, -0.2) is 49.6 Å². The quantitative estimate of drug-likeness (QED) is 0.594. The zero-order chi connectivity index (χ0) is 12.5. The summed E-state index contributed by atoms with van der Waals surface area (Å²) in [6, 6.07) is -0.190. The van der Waals surface area contributed by atoms with Crippen LogP contribution in [0.4, 0.5) is 0 Å². The minimum atomic E-state index is -0.760. The lowest BCUT2D eigenvalue weighted by atomic mass is 10.2. The van der Waals surface area contributed by atoms with E-state index in [-0.39, 0.29) is 12.1 Å². The molecule has 0 amide bonds. The predicted molar refractivity (Wildman–Crippen MR) is 64.1 cm³/mol. The van der Waals surface area contributed by atoms with Gasteiger partial charge in [0.1, 0.15) is 6.04 Å². The Morgan fingerprint density at radius 3 is 2.59 bits per heavy atom. The summed E-state index contributed by atoms with van der Waals surface area (Å²) in [6.07, 6.45) is 3.60. The molecule has 0 aromatic rings. The lowest BCUT2D eigenvalue weighted by Crippen LogP contribution is -2.37. The van der Waals surface area contributed by atoms with Gasteiger partial charge in [-0.3, -0.25) is 10.1 Å². The highest BCUT2D eigenvalue weighted by molar-refractivity contribution is 5.73. The van der Waals surface area contributed by atoms with Crippen LogP contribution in [0.5, 0.6) is 0 Å². The molecule has 0 bridgehead atoms. The van der Waals surface area contributed by atoms with Crippen molar-refractivity contribution in [2.45, 2.75) is 44.7 Å². The third-order valence-corrected chi connectivity index (χ3v) is 2.89. The van der Waals surface area contributed by atoms with Gasteiger partial charge in [-0.2, -0.15) is 0 Å². The Morgan fingerprint density at radius 1 is 1.29 bits per heavy atom. The van der Waals surface area contributed by atoms with Crippen LogP contribution in [-0.2, 0) is 14.3 Å². The Labute approximate surface area is 102 Å². The van der Waals surface area contributed by atoms with Crippen molar-refractivity contribution in [3.8, 4) is 0 Å². The van der Waals surface area contributed by atoms with Crippen LogP contribution in [0.25, 0.3) is 0 Å². The lowest BCUT2D eigenvalue weighted by molar-refractivity contribution is -0.139. The highest BCUT2D eigenvalue weighted by Crippen LogP contribution is 2.12. The molecule has 1 rings (SSSR count). The van der Waals surface area contributed by atoms with Crippen LogP contribution in [0.1, 0.15) is 32.6 Å². The maximum atomic E-state index is 10.7. The van der Waals surface area contributed by atoms with Crippen LogP contribution in [0.3, 0.4) is 0 Å². The summed E-state index contributed by atoms with van der Waals surface area (Å²) >= 11 is 0. The second-order valence-corrected chi connectivity index (χ2v) is 4.31. The molecule has 0 saturated carbocycles. The SMILES string of the molecule is CCOCCCCOC[C@@H]1CC[C@@H](C(=O)O)N1. The van der Waals surface area contributed by atoms with Crippen molar-refractivity contribution in [1.29, 1.82) is 0 Å². The molecule has 0 aromatic heterocycles. The minimum absolute atomic E-state index is 0.197. The number of hydrogen-bond acceptors (Lipinski definition) is 4. The molecule has 100 valence electrons. The van der Waals surface area contributed by atoms with E-state index < -0.39 is 5.97 Å². The molecule has 0 aliphatic carbocycles. The van der Waals surface area contributed by atoms with E-state index in [0.717, 1.165) is 39.1 Å². The van der Waals surface area contributed by atoms with Gasteiger partial charge in [-0.25, -0.2) is 0 Å². The fourth-order valence-corrected chi connectivity index (χ4v) is 1.92. The second-order valence-electron chi connectivity index (χ2n) is 4.31. The number of carbonyl (C=O) groups is 1. The summed E-state index contributed by atoms with van der Waals surface area (Å²) in [4.78, 5) is 10.7. The topological polar surface area (TPSA) is 67.8 Å². The highest BCUT2D eigenvalue weighted by Gasteiger charge is 2.28. The molecule has 0 spiro atoms. The van der Waals surface area contributed by atoms with Gasteiger partial charge >= 0.3 is 5.97 Å². The smallest absolute Gasteiger partial charge is 0.320 e. The monoisotopic (exact) mass is 245 g/mol. The number of nitrogens with one attached hydrogen (secondary N) is 1. The fourth-order valence-electron chi connectivity index (χ4n) is 1.92. The number of carboxylic acid groups (broad SMARTS) is 1. The Bertz CT molecular complexity index is 223. The largest absolute Gasteiger partial charge is 0.480 e. The van der Waals surface area contributed by atoms with E-state index in [0.29, 0.717) is 13.0 Å². The van der Waals surface area contributed by atoms with Gasteiger partial charge in [0.15, 0.2) is 0 Å². The van der Waals surface area contributed by atoms with Crippen LogP contribution >= 0.6 is 0 Å². The standard InChI is InChI=1S/C12H23NO4/c1-2-16-7-3-4-8-17-9-10-5-6-11(13-10)12(14)15/h10-11,13H,2-9H2,1H3,(H,14,15)/t10-,11-/m0/s1. The number of ether oxygens (including phenoxy) is 2. The third kappa shape index (κ3) is 6.00. The molecule has 1 fully saturated rings. The molecular formula is C12H23NO4. The zero-order valence-corrected chi connectivity index (χ0v) is 10.5. The second kappa shape index (κ2) is 8.44. The van der Waals surface area contributed by atoms with Crippen molar-refractivity contribution in [3.05, 3.63) is 0 Å². The van der Waals surface area contributed by atoms with Gasteiger partial charge < -0.3 is 14.6 Å². The molecule has 0 aromatic carbocycles. The number of unbranched alkanes of at least 4 members (excludes halogenated alkanes) is 1. The van der Waals surface area contributed by atoms with Crippen molar-refractivity contribution in [2.24, 2.45) is 0 Å². The molecule has 5 nitrogen and oxygen atoms in total. The summed E-state index contributed by atoms with van der Waals surface area (Å²) in [7, 11) is 0. The fraction of sp³-hybridized carbons (Fsp3) is 0.917. The molecule has 1 aliphatic heterocycles. The van der Waals surface area contributed by atoms with E-state index in [1.165, 1.54) is 0 Å². The Balaban J connectivity index is 1.92. The summed E-state index contributed by atoms with van der Waals surface area (Å²) in [6.45, 7) is 4.88. The Hall–Kier alpha value is -0.650. The van der Waals surface area contributed by atoms with Crippen molar-refractivity contribution < 1.29 is 19.4 Å². The van der Waals surface area contributed by atoms with Crippen LogP contribution in [0, 0.1) is 0 Å². The summed E-state index contributed by atoms with van der Waals surface area (Å²) in [5, 5.41) is 11.9. The molecule has 5 heteroatoms. The molecule has 1 saturated heterocycles. The van der Waals surface area contributed by atoms with Crippen LogP contribution in [0.2, 0.25) is 0 Å². The third-order valence-electron chi connectivity index (χ3n) is 2.89. The molecule has 1 heterocycles. The highest BCUT2D eigenvalue weighted by atomic mass is 16.5. The molecule has 0 radical (unpaired) electrons. The number of hydrogen-bond donors (Lipinski definition) is 2.